The van der Waals surface area contributed by atoms with E-state index in [9.17, 15) is 4.79 Å². The lowest BCUT2D eigenvalue weighted by molar-refractivity contribution is 0.0959. The van der Waals surface area contributed by atoms with Crippen molar-refractivity contribution in [1.82, 2.24) is 35.0 Å². The third-order valence-corrected chi connectivity index (χ3v) is 2.96. The van der Waals surface area contributed by atoms with E-state index in [1.807, 2.05) is 0 Å². The molecule has 23 heavy (non-hydrogen) atoms. The summed E-state index contributed by atoms with van der Waals surface area (Å²) < 4.78 is 8.25. The van der Waals surface area contributed by atoms with Crippen molar-refractivity contribution in [3.05, 3.63) is 42.6 Å². The number of rotatable bonds is 5. The molecule has 10 heteroatoms. The Morgan fingerprint density at radius 1 is 1.30 bits per heavy atom. The van der Waals surface area contributed by atoms with Crippen LogP contribution in [0, 0.1) is 0 Å². The van der Waals surface area contributed by atoms with Crippen molar-refractivity contribution in [2.24, 2.45) is 7.05 Å². The van der Waals surface area contributed by atoms with E-state index in [4.69, 9.17) is 4.74 Å². The number of ether oxygens (including phenoxy) is 1. The Balaban J connectivity index is 1.65. The summed E-state index contributed by atoms with van der Waals surface area (Å²) in [5.41, 5.74) is 5.51. The number of aromatic nitrogens is 6. The number of nitrogens with one attached hydrogen (secondary N) is 2. The standard InChI is InChI=1S/C13H14N8O2/c1-20-7-9(13(19-20)23-2)12(22)18-16-10-3-4-11(17-15-10)21-6-5-14-8-21/h3-8H,1-2H3,(H,15,16)(H,18,22). The molecule has 0 saturated carbocycles. The number of hydrazine groups is 1. The summed E-state index contributed by atoms with van der Waals surface area (Å²) >= 11 is 0. The number of hydrogen-bond donors (Lipinski definition) is 2. The SMILES string of the molecule is COc1nn(C)cc1C(=O)NNc1ccc(-n2ccnc2)nn1. The van der Waals surface area contributed by atoms with Crippen molar-refractivity contribution >= 4 is 11.7 Å². The summed E-state index contributed by atoms with van der Waals surface area (Å²) in [6.45, 7) is 0. The van der Waals surface area contributed by atoms with Gasteiger partial charge >= 0.3 is 0 Å². The molecule has 0 aliphatic carbocycles. The van der Waals surface area contributed by atoms with Crippen LogP contribution in [0.25, 0.3) is 5.82 Å². The number of amides is 1. The number of hydrogen-bond acceptors (Lipinski definition) is 7. The topological polar surface area (TPSA) is 112 Å². The highest BCUT2D eigenvalue weighted by atomic mass is 16.5. The molecule has 0 saturated heterocycles. The number of anilines is 1. The maximum absolute atomic E-state index is 12.1. The average molecular weight is 314 g/mol. The predicted molar refractivity (Wildman–Crippen MR) is 80.0 cm³/mol. The van der Waals surface area contributed by atoms with Crippen LogP contribution in [-0.2, 0) is 7.05 Å². The lowest BCUT2D eigenvalue weighted by Crippen LogP contribution is -2.30. The van der Waals surface area contributed by atoms with Crippen LogP contribution in [0.2, 0.25) is 0 Å². The molecular formula is C13H14N8O2. The van der Waals surface area contributed by atoms with E-state index in [0.29, 0.717) is 17.2 Å². The van der Waals surface area contributed by atoms with Crippen molar-refractivity contribution < 1.29 is 9.53 Å². The van der Waals surface area contributed by atoms with E-state index in [-0.39, 0.29) is 5.88 Å². The molecule has 0 aliphatic rings. The molecule has 3 aromatic heterocycles. The van der Waals surface area contributed by atoms with Gasteiger partial charge in [-0.25, -0.2) is 4.98 Å². The summed E-state index contributed by atoms with van der Waals surface area (Å²) in [4.78, 5) is 16.0. The molecule has 3 heterocycles. The molecule has 0 unspecified atom stereocenters. The smallest absolute Gasteiger partial charge is 0.276 e. The lowest BCUT2D eigenvalue weighted by Gasteiger charge is -2.07. The molecule has 3 rings (SSSR count). The molecule has 1 amide bonds. The van der Waals surface area contributed by atoms with Crippen molar-refractivity contribution in [1.29, 1.82) is 0 Å². The number of carbonyl (C=O) groups excluding carboxylic acids is 1. The summed E-state index contributed by atoms with van der Waals surface area (Å²) in [5, 5.41) is 12.0. The number of aryl methyl sites for hydroxylation is 1. The zero-order valence-corrected chi connectivity index (χ0v) is 12.5. The molecule has 0 atom stereocenters. The van der Waals surface area contributed by atoms with Gasteiger partial charge in [0.1, 0.15) is 11.9 Å². The van der Waals surface area contributed by atoms with Gasteiger partial charge in [0.2, 0.25) is 5.88 Å². The van der Waals surface area contributed by atoms with E-state index >= 15 is 0 Å². The first-order valence-electron chi connectivity index (χ1n) is 6.63. The molecule has 2 N–H and O–H groups in total. The van der Waals surface area contributed by atoms with Gasteiger partial charge in [0.05, 0.1) is 7.11 Å². The molecule has 3 aromatic rings. The molecule has 0 fully saturated rings. The second-order valence-electron chi connectivity index (χ2n) is 4.55. The highest BCUT2D eigenvalue weighted by Gasteiger charge is 2.16. The van der Waals surface area contributed by atoms with Crippen LogP contribution in [0.4, 0.5) is 5.82 Å². The lowest BCUT2D eigenvalue weighted by atomic mass is 10.3. The Morgan fingerprint density at radius 2 is 2.17 bits per heavy atom. The van der Waals surface area contributed by atoms with Gasteiger partial charge in [-0.2, -0.15) is 0 Å². The van der Waals surface area contributed by atoms with Crippen molar-refractivity contribution in [2.75, 3.05) is 12.5 Å². The maximum atomic E-state index is 12.1. The average Bonchev–Trinajstić information content (AvgIpc) is 3.22. The minimum atomic E-state index is -0.393. The highest BCUT2D eigenvalue weighted by Crippen LogP contribution is 2.14. The molecule has 0 aromatic carbocycles. The van der Waals surface area contributed by atoms with Crippen molar-refractivity contribution in [3.63, 3.8) is 0 Å². The van der Waals surface area contributed by atoms with Gasteiger partial charge in [0.25, 0.3) is 5.91 Å². The van der Waals surface area contributed by atoms with Gasteiger partial charge in [-0.1, -0.05) is 0 Å². The summed E-state index contributed by atoms with van der Waals surface area (Å²) in [7, 11) is 3.15. The summed E-state index contributed by atoms with van der Waals surface area (Å²) in [5.74, 6) is 0.863. The Morgan fingerprint density at radius 3 is 2.83 bits per heavy atom. The Bertz CT molecular complexity index is 794. The van der Waals surface area contributed by atoms with Crippen LogP contribution in [0.3, 0.4) is 0 Å². The molecule has 0 aliphatic heterocycles. The van der Waals surface area contributed by atoms with E-state index in [1.165, 1.54) is 11.8 Å². The van der Waals surface area contributed by atoms with Gasteiger partial charge in [-0.15, -0.1) is 15.3 Å². The molecule has 0 spiro atoms. The molecule has 0 bridgehead atoms. The fourth-order valence-corrected chi connectivity index (χ4v) is 1.89. The minimum Gasteiger partial charge on any atom is -0.479 e. The second-order valence-corrected chi connectivity index (χ2v) is 4.55. The zero-order valence-electron chi connectivity index (χ0n) is 12.5. The van der Waals surface area contributed by atoms with Crippen molar-refractivity contribution in [3.8, 4) is 11.7 Å². The van der Waals surface area contributed by atoms with E-state index in [0.717, 1.165) is 0 Å². The Kier molecular flexibility index (Phi) is 3.87. The normalized spacial score (nSPS) is 10.3. The van der Waals surface area contributed by atoms with E-state index in [1.54, 1.807) is 48.7 Å². The van der Waals surface area contributed by atoms with Crippen molar-refractivity contribution in [2.45, 2.75) is 0 Å². The number of nitrogens with zero attached hydrogens (tertiary/aromatic N) is 6. The monoisotopic (exact) mass is 314 g/mol. The second kappa shape index (κ2) is 6.13. The third kappa shape index (κ3) is 3.10. The fraction of sp³-hybridized carbons (Fsp3) is 0.154. The van der Waals surface area contributed by atoms with Gasteiger partial charge in [0, 0.05) is 25.6 Å². The van der Waals surface area contributed by atoms with Crippen LogP contribution in [0.1, 0.15) is 10.4 Å². The molecular weight excluding hydrogens is 300 g/mol. The van der Waals surface area contributed by atoms with Gasteiger partial charge in [-0.3, -0.25) is 24.9 Å². The first-order chi connectivity index (χ1) is 11.2. The van der Waals surface area contributed by atoms with Gasteiger partial charge < -0.3 is 4.74 Å². The van der Waals surface area contributed by atoms with Gasteiger partial charge in [-0.05, 0) is 12.1 Å². The summed E-state index contributed by atoms with van der Waals surface area (Å²) in [6, 6.07) is 3.43. The van der Waals surface area contributed by atoms with Gasteiger partial charge in [0.15, 0.2) is 11.6 Å². The third-order valence-electron chi connectivity index (χ3n) is 2.96. The highest BCUT2D eigenvalue weighted by molar-refractivity contribution is 5.96. The van der Waals surface area contributed by atoms with Crippen LogP contribution in [0.15, 0.2) is 37.1 Å². The minimum absolute atomic E-state index is 0.244. The number of carbonyl (C=O) groups is 1. The first-order valence-corrected chi connectivity index (χ1v) is 6.63. The molecule has 10 nitrogen and oxygen atoms in total. The largest absolute Gasteiger partial charge is 0.479 e. The Labute approximate surface area is 131 Å². The van der Waals surface area contributed by atoms with Crippen LogP contribution in [0.5, 0.6) is 5.88 Å². The number of imidazole rings is 1. The number of methoxy groups -OCH3 is 1. The molecule has 118 valence electrons. The summed E-state index contributed by atoms with van der Waals surface area (Å²) in [6.07, 6.45) is 6.58. The quantitative estimate of drug-likeness (QED) is 0.645. The Hall–Kier alpha value is -3.43. The predicted octanol–water partition coefficient (Wildman–Crippen LogP) is 0.161. The van der Waals surface area contributed by atoms with E-state index < -0.39 is 5.91 Å². The van der Waals surface area contributed by atoms with Crippen LogP contribution in [-0.4, -0.2) is 42.5 Å². The van der Waals surface area contributed by atoms with Crippen LogP contribution < -0.4 is 15.6 Å². The first kappa shape index (κ1) is 14.5. The fourth-order valence-electron chi connectivity index (χ4n) is 1.89. The zero-order chi connectivity index (χ0) is 16.2. The molecule has 0 radical (unpaired) electrons. The van der Waals surface area contributed by atoms with E-state index in [2.05, 4.69) is 31.1 Å². The maximum Gasteiger partial charge on any atom is 0.276 e. The van der Waals surface area contributed by atoms with Crippen LogP contribution >= 0.6 is 0 Å².